The van der Waals surface area contributed by atoms with Crippen LogP contribution in [0.3, 0.4) is 0 Å². The van der Waals surface area contributed by atoms with Crippen molar-refractivity contribution in [3.63, 3.8) is 0 Å². The molecule has 0 unspecified atom stereocenters. The molecule has 0 saturated carbocycles. The van der Waals surface area contributed by atoms with Gasteiger partial charge in [-0.05, 0) is 18.2 Å². The molecule has 3 heterocycles. The Kier molecular flexibility index (Phi) is 4.31. The highest BCUT2D eigenvalue weighted by Crippen LogP contribution is 2.33. The molecular weight excluding hydrogens is 408 g/mol. The molecule has 0 aliphatic rings. The second-order valence-corrected chi connectivity index (χ2v) is 7.23. The van der Waals surface area contributed by atoms with E-state index in [1.54, 1.807) is 13.2 Å². The van der Waals surface area contributed by atoms with Gasteiger partial charge in [0.25, 0.3) is 5.56 Å². The first kappa shape index (κ1) is 17.5. The van der Waals surface area contributed by atoms with Crippen molar-refractivity contribution in [1.82, 2.24) is 18.7 Å². The Morgan fingerprint density at radius 2 is 1.74 bits per heavy atom. The van der Waals surface area contributed by atoms with Crippen LogP contribution in [0.15, 0.2) is 68.9 Å². The van der Waals surface area contributed by atoms with Gasteiger partial charge in [0.05, 0.1) is 28.8 Å². The van der Waals surface area contributed by atoms with Crippen molar-refractivity contribution >= 4 is 26.8 Å². The van der Waals surface area contributed by atoms with E-state index in [-0.39, 0.29) is 11.2 Å². The molecular formula is C20H17BrN4O2. The number of rotatable bonds is 3. The maximum absolute atomic E-state index is 13.0. The molecule has 0 fully saturated rings. The summed E-state index contributed by atoms with van der Waals surface area (Å²) >= 11 is 3.59. The largest absolute Gasteiger partial charge is 0.339 e. The Morgan fingerprint density at radius 1 is 1.00 bits per heavy atom. The number of benzene rings is 1. The van der Waals surface area contributed by atoms with Gasteiger partial charge in [-0.1, -0.05) is 40.2 Å². The maximum Gasteiger partial charge on any atom is 0.330 e. The Bertz CT molecular complexity index is 1270. The average Bonchev–Trinajstić information content (AvgIpc) is 3.05. The van der Waals surface area contributed by atoms with Gasteiger partial charge in [-0.3, -0.25) is 18.9 Å². The predicted molar refractivity (Wildman–Crippen MR) is 109 cm³/mol. The minimum absolute atomic E-state index is 0.307. The number of aromatic nitrogens is 4. The van der Waals surface area contributed by atoms with Crippen LogP contribution in [0, 0.1) is 0 Å². The van der Waals surface area contributed by atoms with Crippen molar-refractivity contribution in [2.75, 3.05) is 0 Å². The summed E-state index contributed by atoms with van der Waals surface area (Å²) in [5.74, 6) is 0. The molecule has 0 aliphatic carbocycles. The molecule has 0 aliphatic heterocycles. The number of aryl methyl sites for hydroxylation is 1. The summed E-state index contributed by atoms with van der Waals surface area (Å²) in [6.45, 7) is 0.490. The summed E-state index contributed by atoms with van der Waals surface area (Å²) in [5, 5.41) is 0.516. The van der Waals surface area contributed by atoms with Crippen LogP contribution in [0.1, 0.15) is 5.69 Å². The van der Waals surface area contributed by atoms with Crippen LogP contribution in [-0.4, -0.2) is 18.7 Å². The minimum Gasteiger partial charge on any atom is -0.339 e. The molecule has 0 bridgehead atoms. The third-order valence-electron chi connectivity index (χ3n) is 4.70. The van der Waals surface area contributed by atoms with Gasteiger partial charge in [0.1, 0.15) is 0 Å². The van der Waals surface area contributed by atoms with E-state index < -0.39 is 0 Å². The number of hydrogen-bond acceptors (Lipinski definition) is 3. The number of pyridine rings is 1. The average molecular weight is 425 g/mol. The lowest BCUT2D eigenvalue weighted by atomic mass is 10.1. The lowest BCUT2D eigenvalue weighted by Gasteiger charge is -2.11. The van der Waals surface area contributed by atoms with Crippen molar-refractivity contribution in [3.05, 3.63) is 85.9 Å². The van der Waals surface area contributed by atoms with Crippen LogP contribution in [0.2, 0.25) is 0 Å². The fourth-order valence-electron chi connectivity index (χ4n) is 3.32. The molecule has 3 aromatic heterocycles. The van der Waals surface area contributed by atoms with Gasteiger partial charge < -0.3 is 4.57 Å². The zero-order chi connectivity index (χ0) is 19.1. The maximum atomic E-state index is 13.0. The van der Waals surface area contributed by atoms with Gasteiger partial charge in [0.15, 0.2) is 0 Å². The van der Waals surface area contributed by atoms with Gasteiger partial charge in [0.2, 0.25) is 0 Å². The molecule has 4 rings (SSSR count). The summed E-state index contributed by atoms with van der Waals surface area (Å²) in [5.41, 5.74) is 2.47. The first-order chi connectivity index (χ1) is 13.0. The first-order valence-corrected chi connectivity index (χ1v) is 9.22. The van der Waals surface area contributed by atoms with Crippen LogP contribution in [-0.2, 0) is 20.6 Å². The molecule has 0 atom stereocenters. The number of hydrogen-bond donors (Lipinski definition) is 0. The quantitative estimate of drug-likeness (QED) is 0.507. The Hall–Kier alpha value is -2.93. The van der Waals surface area contributed by atoms with E-state index in [9.17, 15) is 9.59 Å². The molecule has 0 saturated heterocycles. The van der Waals surface area contributed by atoms with Crippen molar-refractivity contribution < 1.29 is 0 Å². The first-order valence-electron chi connectivity index (χ1n) is 8.42. The molecule has 136 valence electrons. The molecule has 0 N–H and O–H groups in total. The lowest BCUT2D eigenvalue weighted by molar-refractivity contribution is 0.714. The highest BCUT2D eigenvalue weighted by atomic mass is 79.9. The highest BCUT2D eigenvalue weighted by molar-refractivity contribution is 9.10. The molecule has 7 heteroatoms. The van der Waals surface area contributed by atoms with Crippen molar-refractivity contribution in [1.29, 1.82) is 0 Å². The number of fused-ring (bicyclic) bond motifs is 1. The molecule has 0 spiro atoms. The van der Waals surface area contributed by atoms with E-state index in [1.807, 2.05) is 53.2 Å². The van der Waals surface area contributed by atoms with Crippen molar-refractivity contribution in [2.45, 2.75) is 6.54 Å². The molecule has 4 aromatic rings. The van der Waals surface area contributed by atoms with E-state index in [0.717, 1.165) is 26.0 Å². The molecule has 0 radical (unpaired) electrons. The Morgan fingerprint density at radius 3 is 2.44 bits per heavy atom. The monoisotopic (exact) mass is 424 g/mol. The van der Waals surface area contributed by atoms with Crippen LogP contribution in [0.5, 0.6) is 0 Å². The van der Waals surface area contributed by atoms with Crippen LogP contribution < -0.4 is 11.2 Å². The molecule has 6 nitrogen and oxygen atoms in total. The third-order valence-corrected chi connectivity index (χ3v) is 5.39. The van der Waals surface area contributed by atoms with Crippen LogP contribution >= 0.6 is 15.9 Å². The fraction of sp³-hybridized carbons (Fsp3) is 0.150. The second kappa shape index (κ2) is 6.66. The van der Waals surface area contributed by atoms with Crippen LogP contribution in [0.4, 0.5) is 0 Å². The van der Waals surface area contributed by atoms with Gasteiger partial charge in [-0.15, -0.1) is 0 Å². The van der Waals surface area contributed by atoms with E-state index >= 15 is 0 Å². The van der Waals surface area contributed by atoms with Gasteiger partial charge in [-0.25, -0.2) is 4.79 Å². The zero-order valence-electron chi connectivity index (χ0n) is 14.9. The standard InChI is InChI=1S/C20H17BrN4O2/c1-23-16-12-25(11-13-7-5-6-10-22-13)18(14-8-3-4-9-15(14)21)17(16)19(26)24(2)20(23)27/h3-10,12H,11H2,1-2H3. The van der Waals surface area contributed by atoms with Gasteiger partial charge in [0, 0.05) is 36.5 Å². The van der Waals surface area contributed by atoms with E-state index in [1.165, 1.54) is 11.6 Å². The second-order valence-electron chi connectivity index (χ2n) is 6.37. The summed E-state index contributed by atoms with van der Waals surface area (Å²) in [4.78, 5) is 29.8. The summed E-state index contributed by atoms with van der Waals surface area (Å²) in [6, 6.07) is 13.5. The summed E-state index contributed by atoms with van der Waals surface area (Å²) in [6.07, 6.45) is 3.59. The smallest absolute Gasteiger partial charge is 0.330 e. The topological polar surface area (TPSA) is 61.8 Å². The zero-order valence-corrected chi connectivity index (χ0v) is 16.5. The SMILES string of the molecule is Cn1c(=O)c2c(-c3ccccc3Br)n(Cc3ccccn3)cc2n(C)c1=O. The van der Waals surface area contributed by atoms with E-state index in [2.05, 4.69) is 20.9 Å². The normalized spacial score (nSPS) is 11.2. The molecule has 0 amide bonds. The predicted octanol–water partition coefficient (Wildman–Crippen LogP) is 2.91. The Labute approximate surface area is 163 Å². The van der Waals surface area contributed by atoms with E-state index in [4.69, 9.17) is 0 Å². The lowest BCUT2D eigenvalue weighted by Crippen LogP contribution is -2.36. The minimum atomic E-state index is -0.346. The number of nitrogens with zero attached hydrogens (tertiary/aromatic N) is 4. The fourth-order valence-corrected chi connectivity index (χ4v) is 3.80. The van der Waals surface area contributed by atoms with E-state index in [0.29, 0.717) is 17.4 Å². The molecule has 27 heavy (non-hydrogen) atoms. The van der Waals surface area contributed by atoms with Gasteiger partial charge in [-0.2, -0.15) is 0 Å². The highest BCUT2D eigenvalue weighted by Gasteiger charge is 2.20. The van der Waals surface area contributed by atoms with Gasteiger partial charge >= 0.3 is 5.69 Å². The molecule has 1 aromatic carbocycles. The summed E-state index contributed by atoms with van der Waals surface area (Å²) < 4.78 is 5.51. The summed E-state index contributed by atoms with van der Waals surface area (Å²) in [7, 11) is 3.18. The third kappa shape index (κ3) is 2.84. The van der Waals surface area contributed by atoms with Crippen LogP contribution in [0.25, 0.3) is 22.2 Å². The number of halogens is 1. The van der Waals surface area contributed by atoms with Crippen molar-refractivity contribution in [3.8, 4) is 11.3 Å². The Balaban J connectivity index is 2.11. The van der Waals surface area contributed by atoms with Crippen molar-refractivity contribution in [2.24, 2.45) is 14.1 Å².